The Hall–Kier alpha value is -3.06. The average molecular weight is 373 g/mol. The van der Waals surface area contributed by atoms with E-state index in [1.165, 1.54) is 0 Å². The molecule has 0 unspecified atom stereocenters. The van der Waals surface area contributed by atoms with Gasteiger partial charge >= 0.3 is 6.03 Å². The molecule has 3 aromatic rings. The van der Waals surface area contributed by atoms with E-state index in [0.717, 1.165) is 5.56 Å². The summed E-state index contributed by atoms with van der Waals surface area (Å²) in [7, 11) is 1.59. The van der Waals surface area contributed by atoms with Crippen LogP contribution < -0.4 is 15.4 Å². The predicted octanol–water partition coefficient (Wildman–Crippen LogP) is 3.76. The summed E-state index contributed by atoms with van der Waals surface area (Å²) in [6, 6.07) is 13.9. The van der Waals surface area contributed by atoms with Crippen LogP contribution in [0.2, 0.25) is 5.02 Å². The third-order valence-corrected chi connectivity index (χ3v) is 3.79. The van der Waals surface area contributed by atoms with E-state index in [4.69, 9.17) is 20.9 Å². The molecule has 0 spiro atoms. The first-order chi connectivity index (χ1) is 12.7. The lowest BCUT2D eigenvalue weighted by atomic mass is 10.2. The molecule has 0 aliphatic rings. The van der Waals surface area contributed by atoms with Gasteiger partial charge < -0.3 is 19.9 Å². The minimum absolute atomic E-state index is 0.322. The van der Waals surface area contributed by atoms with Crippen LogP contribution in [0.3, 0.4) is 0 Å². The molecule has 26 heavy (non-hydrogen) atoms. The average Bonchev–Trinajstić information content (AvgIpc) is 3.12. The van der Waals surface area contributed by atoms with Gasteiger partial charge in [0.15, 0.2) is 0 Å². The molecular formula is C18H17ClN4O3. The second-order valence-corrected chi connectivity index (χ2v) is 5.79. The van der Waals surface area contributed by atoms with Crippen LogP contribution in [0.4, 0.5) is 10.5 Å². The van der Waals surface area contributed by atoms with Gasteiger partial charge in [-0.2, -0.15) is 4.98 Å². The minimum Gasteiger partial charge on any atom is -0.496 e. The fourth-order valence-corrected chi connectivity index (χ4v) is 2.41. The third kappa shape index (κ3) is 4.52. The Kier molecular flexibility index (Phi) is 5.70. The summed E-state index contributed by atoms with van der Waals surface area (Å²) in [5.74, 6) is 1.54. The molecule has 7 nitrogen and oxygen atoms in total. The topological polar surface area (TPSA) is 89.3 Å². The molecule has 8 heteroatoms. The summed E-state index contributed by atoms with van der Waals surface area (Å²) in [6.07, 6.45) is 0.413. The number of nitrogens with one attached hydrogen (secondary N) is 2. The van der Waals surface area contributed by atoms with Crippen molar-refractivity contribution in [1.82, 2.24) is 15.5 Å². The third-order valence-electron chi connectivity index (χ3n) is 3.54. The number of ether oxygens (including phenoxy) is 1. The fourth-order valence-electron chi connectivity index (χ4n) is 2.29. The Balaban J connectivity index is 1.52. The van der Waals surface area contributed by atoms with Crippen molar-refractivity contribution < 1.29 is 14.1 Å². The summed E-state index contributed by atoms with van der Waals surface area (Å²) in [5, 5.41) is 10.0. The van der Waals surface area contributed by atoms with E-state index in [-0.39, 0.29) is 6.03 Å². The van der Waals surface area contributed by atoms with Gasteiger partial charge in [0.1, 0.15) is 5.75 Å². The number of carbonyl (C=O) groups is 1. The number of urea groups is 1. The van der Waals surface area contributed by atoms with Gasteiger partial charge in [-0.05, 0) is 36.4 Å². The Labute approximate surface area is 155 Å². The standard InChI is InChI=1S/C18H17ClN4O3/c1-25-15-5-3-2-4-14(15)17-22-16(26-23-17)10-11-20-18(24)21-13-8-6-12(19)7-9-13/h2-9H,10-11H2,1H3,(H2,20,21,24). The van der Waals surface area contributed by atoms with Gasteiger partial charge in [-0.3, -0.25) is 0 Å². The number of carbonyl (C=O) groups excluding carboxylic acids is 1. The van der Waals surface area contributed by atoms with Crippen LogP contribution in [0.1, 0.15) is 5.89 Å². The van der Waals surface area contributed by atoms with Gasteiger partial charge in [0.05, 0.1) is 12.7 Å². The maximum atomic E-state index is 11.9. The van der Waals surface area contributed by atoms with E-state index < -0.39 is 0 Å². The van der Waals surface area contributed by atoms with Gasteiger partial charge in [-0.1, -0.05) is 28.9 Å². The predicted molar refractivity (Wildman–Crippen MR) is 98.5 cm³/mol. The lowest BCUT2D eigenvalue weighted by Gasteiger charge is -2.06. The van der Waals surface area contributed by atoms with E-state index in [1.54, 1.807) is 31.4 Å². The van der Waals surface area contributed by atoms with Crippen LogP contribution in [-0.2, 0) is 6.42 Å². The highest BCUT2D eigenvalue weighted by Gasteiger charge is 2.13. The molecule has 1 aromatic heterocycles. The largest absolute Gasteiger partial charge is 0.496 e. The highest BCUT2D eigenvalue weighted by atomic mass is 35.5. The van der Waals surface area contributed by atoms with Gasteiger partial charge in [0, 0.05) is 23.7 Å². The second kappa shape index (κ2) is 8.35. The van der Waals surface area contributed by atoms with Crippen LogP contribution in [0.5, 0.6) is 5.75 Å². The van der Waals surface area contributed by atoms with Crippen molar-refractivity contribution in [2.75, 3.05) is 19.0 Å². The number of aromatic nitrogens is 2. The normalized spacial score (nSPS) is 10.4. The van der Waals surface area contributed by atoms with Crippen LogP contribution in [-0.4, -0.2) is 29.8 Å². The van der Waals surface area contributed by atoms with Crippen LogP contribution in [0.15, 0.2) is 53.1 Å². The summed E-state index contributed by atoms with van der Waals surface area (Å²) >= 11 is 5.81. The summed E-state index contributed by atoms with van der Waals surface area (Å²) in [6.45, 7) is 0.354. The molecule has 0 radical (unpaired) electrons. The second-order valence-electron chi connectivity index (χ2n) is 5.35. The van der Waals surface area contributed by atoms with E-state index in [2.05, 4.69) is 20.8 Å². The van der Waals surface area contributed by atoms with Crippen molar-refractivity contribution in [1.29, 1.82) is 0 Å². The first kappa shape index (κ1) is 17.8. The Bertz CT molecular complexity index is 880. The number of hydrogen-bond donors (Lipinski definition) is 2. The molecule has 2 aromatic carbocycles. The molecule has 2 amide bonds. The SMILES string of the molecule is COc1ccccc1-c1noc(CCNC(=O)Nc2ccc(Cl)cc2)n1. The van der Waals surface area contributed by atoms with E-state index >= 15 is 0 Å². The van der Waals surface area contributed by atoms with Gasteiger partial charge in [0.25, 0.3) is 0 Å². The minimum atomic E-state index is -0.322. The molecule has 2 N–H and O–H groups in total. The zero-order chi connectivity index (χ0) is 18.4. The maximum absolute atomic E-state index is 11.9. The number of methoxy groups -OCH3 is 1. The van der Waals surface area contributed by atoms with E-state index in [9.17, 15) is 4.79 Å². The zero-order valence-electron chi connectivity index (χ0n) is 14.0. The number of para-hydroxylation sites is 1. The lowest BCUT2D eigenvalue weighted by Crippen LogP contribution is -2.30. The Morgan fingerprint density at radius 1 is 1.19 bits per heavy atom. The summed E-state index contributed by atoms with van der Waals surface area (Å²) in [5.41, 5.74) is 1.40. The molecule has 0 saturated heterocycles. The first-order valence-corrected chi connectivity index (χ1v) is 8.30. The number of benzene rings is 2. The molecule has 1 heterocycles. The number of nitrogens with zero attached hydrogens (tertiary/aromatic N) is 2. The van der Waals surface area contributed by atoms with E-state index in [1.807, 2.05) is 24.3 Å². The van der Waals surface area contributed by atoms with Crippen molar-refractivity contribution in [3.8, 4) is 17.1 Å². The summed E-state index contributed by atoms with van der Waals surface area (Å²) in [4.78, 5) is 16.2. The Morgan fingerprint density at radius 2 is 1.96 bits per heavy atom. The number of anilines is 1. The van der Waals surface area contributed by atoms with Crippen LogP contribution >= 0.6 is 11.6 Å². The molecular weight excluding hydrogens is 356 g/mol. The molecule has 3 rings (SSSR count). The smallest absolute Gasteiger partial charge is 0.319 e. The number of rotatable bonds is 6. The highest BCUT2D eigenvalue weighted by Crippen LogP contribution is 2.27. The van der Waals surface area contributed by atoms with Crippen molar-refractivity contribution >= 4 is 23.3 Å². The number of hydrogen-bond acceptors (Lipinski definition) is 5. The lowest BCUT2D eigenvalue weighted by molar-refractivity contribution is 0.252. The molecule has 0 bridgehead atoms. The zero-order valence-corrected chi connectivity index (χ0v) is 14.8. The molecule has 0 aliphatic heterocycles. The van der Waals surface area contributed by atoms with Gasteiger partial charge in [-0.25, -0.2) is 4.79 Å². The Morgan fingerprint density at radius 3 is 2.73 bits per heavy atom. The monoisotopic (exact) mass is 372 g/mol. The van der Waals surface area contributed by atoms with Gasteiger partial charge in [-0.15, -0.1) is 0 Å². The summed E-state index contributed by atoms with van der Waals surface area (Å²) < 4.78 is 10.5. The highest BCUT2D eigenvalue weighted by molar-refractivity contribution is 6.30. The van der Waals surface area contributed by atoms with Crippen LogP contribution in [0.25, 0.3) is 11.4 Å². The fraction of sp³-hybridized carbons (Fsp3) is 0.167. The molecule has 0 saturated carbocycles. The van der Waals surface area contributed by atoms with Crippen LogP contribution in [0, 0.1) is 0 Å². The quantitative estimate of drug-likeness (QED) is 0.687. The van der Waals surface area contributed by atoms with E-state index in [0.29, 0.717) is 41.1 Å². The first-order valence-electron chi connectivity index (χ1n) is 7.92. The van der Waals surface area contributed by atoms with Crippen molar-refractivity contribution in [3.63, 3.8) is 0 Å². The van der Waals surface area contributed by atoms with Crippen molar-refractivity contribution in [3.05, 3.63) is 59.4 Å². The van der Waals surface area contributed by atoms with Gasteiger partial charge in [0.2, 0.25) is 11.7 Å². The van der Waals surface area contributed by atoms with Crippen molar-refractivity contribution in [2.24, 2.45) is 0 Å². The number of amides is 2. The maximum Gasteiger partial charge on any atom is 0.319 e. The molecule has 0 fully saturated rings. The molecule has 134 valence electrons. The van der Waals surface area contributed by atoms with Crippen molar-refractivity contribution in [2.45, 2.75) is 6.42 Å². The molecule has 0 atom stereocenters. The molecule has 0 aliphatic carbocycles. The number of halogens is 1.